The lowest BCUT2D eigenvalue weighted by atomic mass is 9.89. The minimum absolute atomic E-state index is 0.0747. The predicted octanol–water partition coefficient (Wildman–Crippen LogP) is 5.46. The summed E-state index contributed by atoms with van der Waals surface area (Å²) < 4.78 is 13.2. The average molecular weight is 403 g/mol. The highest BCUT2D eigenvalue weighted by Gasteiger charge is 2.31. The fraction of sp³-hybridized carbons (Fsp3) is 0.269. The minimum atomic E-state index is -0.353. The maximum absolute atomic E-state index is 13.2. The molecule has 4 rings (SSSR count). The lowest BCUT2D eigenvalue weighted by Crippen LogP contribution is -2.42. The molecule has 1 heterocycles. The molecule has 154 valence electrons. The van der Waals surface area contributed by atoms with E-state index in [0.717, 1.165) is 37.9 Å². The van der Waals surface area contributed by atoms with E-state index in [9.17, 15) is 9.18 Å². The van der Waals surface area contributed by atoms with E-state index in [0.29, 0.717) is 11.6 Å². The predicted molar refractivity (Wildman–Crippen MR) is 119 cm³/mol. The molecule has 1 saturated heterocycles. The monoisotopic (exact) mass is 402 g/mol. The molecule has 0 saturated carbocycles. The summed E-state index contributed by atoms with van der Waals surface area (Å²) in [5.41, 5.74) is 2.98. The molecule has 3 aromatic rings. The third kappa shape index (κ3) is 5.14. The molecule has 1 amide bonds. The number of amides is 1. The van der Waals surface area contributed by atoms with Crippen LogP contribution in [-0.2, 0) is 11.2 Å². The van der Waals surface area contributed by atoms with Gasteiger partial charge in [0.1, 0.15) is 11.9 Å². The van der Waals surface area contributed by atoms with E-state index < -0.39 is 0 Å². The van der Waals surface area contributed by atoms with Gasteiger partial charge in [-0.3, -0.25) is 9.69 Å². The average Bonchev–Trinajstić information content (AvgIpc) is 2.78. The first-order valence-electron chi connectivity index (χ1n) is 10.6. The molecule has 3 aromatic carbocycles. The summed E-state index contributed by atoms with van der Waals surface area (Å²) in [5, 5.41) is 2.97. The van der Waals surface area contributed by atoms with Crippen molar-refractivity contribution in [3.05, 3.63) is 102 Å². The molecule has 30 heavy (non-hydrogen) atoms. The van der Waals surface area contributed by atoms with Crippen LogP contribution in [0.15, 0.2) is 84.9 Å². The third-order valence-corrected chi connectivity index (χ3v) is 5.86. The molecule has 0 aliphatic carbocycles. The number of hydrogen-bond acceptors (Lipinski definition) is 2. The van der Waals surface area contributed by atoms with Gasteiger partial charge in [0, 0.05) is 5.69 Å². The standard InChI is InChI=1S/C26H27FN2O/c27-23-11-13-24(14-12-23)28-26(30)25(22-9-5-2-6-10-22)29-17-15-21(16-18-29)19-20-7-3-1-4-8-20/h1-14,21,25H,15-19H2,(H,28,30). The molecule has 4 heteroatoms. The Hall–Kier alpha value is -2.98. The summed E-state index contributed by atoms with van der Waals surface area (Å²) in [4.78, 5) is 15.5. The molecule has 1 fully saturated rings. The van der Waals surface area contributed by atoms with Crippen LogP contribution in [-0.4, -0.2) is 23.9 Å². The van der Waals surface area contributed by atoms with E-state index in [1.165, 1.54) is 17.7 Å². The number of rotatable bonds is 6. The Balaban J connectivity index is 1.45. The Morgan fingerprint density at radius 1 is 0.900 bits per heavy atom. The molecule has 0 bridgehead atoms. The highest BCUT2D eigenvalue weighted by molar-refractivity contribution is 5.95. The van der Waals surface area contributed by atoms with Gasteiger partial charge in [0.25, 0.3) is 0 Å². The highest BCUT2D eigenvalue weighted by Crippen LogP contribution is 2.29. The quantitative estimate of drug-likeness (QED) is 0.594. The molecule has 1 aliphatic heterocycles. The van der Waals surface area contributed by atoms with Gasteiger partial charge in [-0.05, 0) is 73.7 Å². The third-order valence-electron chi connectivity index (χ3n) is 5.86. The molecule has 0 radical (unpaired) electrons. The van der Waals surface area contributed by atoms with Crippen molar-refractivity contribution in [1.82, 2.24) is 4.90 Å². The van der Waals surface area contributed by atoms with Crippen molar-refractivity contribution in [2.75, 3.05) is 18.4 Å². The Bertz CT molecular complexity index is 936. The highest BCUT2D eigenvalue weighted by atomic mass is 19.1. The minimum Gasteiger partial charge on any atom is -0.324 e. The maximum atomic E-state index is 13.2. The second kappa shape index (κ2) is 9.68. The van der Waals surface area contributed by atoms with E-state index in [2.05, 4.69) is 40.5 Å². The maximum Gasteiger partial charge on any atom is 0.246 e. The van der Waals surface area contributed by atoms with Crippen LogP contribution in [0, 0.1) is 11.7 Å². The van der Waals surface area contributed by atoms with Crippen LogP contribution in [0.3, 0.4) is 0 Å². The summed E-state index contributed by atoms with van der Waals surface area (Å²) in [7, 11) is 0. The summed E-state index contributed by atoms with van der Waals surface area (Å²) in [6, 6.07) is 26.1. The Labute approximate surface area is 177 Å². The van der Waals surface area contributed by atoms with E-state index in [4.69, 9.17) is 0 Å². The van der Waals surface area contributed by atoms with E-state index in [1.807, 2.05) is 30.3 Å². The summed E-state index contributed by atoms with van der Waals surface area (Å²) in [5.74, 6) is 0.252. The Morgan fingerprint density at radius 3 is 2.13 bits per heavy atom. The van der Waals surface area contributed by atoms with Gasteiger partial charge >= 0.3 is 0 Å². The van der Waals surface area contributed by atoms with Crippen LogP contribution in [0.2, 0.25) is 0 Å². The Morgan fingerprint density at radius 2 is 1.50 bits per heavy atom. The van der Waals surface area contributed by atoms with Gasteiger partial charge in [-0.25, -0.2) is 4.39 Å². The first-order chi connectivity index (χ1) is 14.7. The molecule has 0 spiro atoms. The summed E-state index contributed by atoms with van der Waals surface area (Å²) >= 11 is 0. The fourth-order valence-corrected chi connectivity index (χ4v) is 4.27. The van der Waals surface area contributed by atoms with Crippen molar-refractivity contribution >= 4 is 11.6 Å². The zero-order chi connectivity index (χ0) is 20.8. The van der Waals surface area contributed by atoms with Crippen LogP contribution >= 0.6 is 0 Å². The molecule has 1 unspecified atom stereocenters. The van der Waals surface area contributed by atoms with Gasteiger partial charge in [0.05, 0.1) is 0 Å². The zero-order valence-corrected chi connectivity index (χ0v) is 17.0. The molecule has 1 aliphatic rings. The van der Waals surface area contributed by atoms with Crippen molar-refractivity contribution in [3.63, 3.8) is 0 Å². The number of nitrogens with one attached hydrogen (secondary N) is 1. The number of carbonyl (C=O) groups is 1. The summed E-state index contributed by atoms with van der Waals surface area (Å²) in [6.07, 6.45) is 3.23. The first-order valence-corrected chi connectivity index (χ1v) is 10.6. The SMILES string of the molecule is O=C(Nc1ccc(F)cc1)C(c1ccccc1)N1CCC(Cc2ccccc2)CC1. The number of carbonyl (C=O) groups excluding carboxylic acids is 1. The smallest absolute Gasteiger partial charge is 0.246 e. The van der Waals surface area contributed by atoms with Crippen molar-refractivity contribution in [3.8, 4) is 0 Å². The number of anilines is 1. The number of piperidine rings is 1. The van der Waals surface area contributed by atoms with Gasteiger partial charge in [0.2, 0.25) is 5.91 Å². The van der Waals surface area contributed by atoms with Crippen LogP contribution in [0.25, 0.3) is 0 Å². The molecular formula is C26H27FN2O. The number of halogens is 1. The molecule has 1 atom stereocenters. The number of hydrogen-bond donors (Lipinski definition) is 1. The lowest BCUT2D eigenvalue weighted by molar-refractivity contribution is -0.122. The number of benzene rings is 3. The van der Waals surface area contributed by atoms with Crippen molar-refractivity contribution in [2.45, 2.75) is 25.3 Å². The fourth-order valence-electron chi connectivity index (χ4n) is 4.27. The van der Waals surface area contributed by atoms with Crippen LogP contribution in [0.5, 0.6) is 0 Å². The molecule has 1 N–H and O–H groups in total. The summed E-state index contributed by atoms with van der Waals surface area (Å²) in [6.45, 7) is 1.77. The van der Waals surface area contributed by atoms with E-state index in [-0.39, 0.29) is 17.8 Å². The second-order valence-corrected chi connectivity index (χ2v) is 7.98. The molecule has 3 nitrogen and oxygen atoms in total. The first kappa shape index (κ1) is 20.3. The van der Waals surface area contributed by atoms with Gasteiger partial charge in [-0.15, -0.1) is 0 Å². The normalized spacial score (nSPS) is 16.2. The number of likely N-dealkylation sites (tertiary alicyclic amines) is 1. The van der Waals surface area contributed by atoms with Crippen molar-refractivity contribution in [1.29, 1.82) is 0 Å². The Kier molecular flexibility index (Phi) is 6.55. The zero-order valence-electron chi connectivity index (χ0n) is 17.0. The van der Waals surface area contributed by atoms with E-state index in [1.54, 1.807) is 12.1 Å². The topological polar surface area (TPSA) is 32.3 Å². The van der Waals surface area contributed by atoms with Gasteiger partial charge in [-0.2, -0.15) is 0 Å². The lowest BCUT2D eigenvalue weighted by Gasteiger charge is -2.37. The van der Waals surface area contributed by atoms with E-state index >= 15 is 0 Å². The largest absolute Gasteiger partial charge is 0.324 e. The molecule has 0 aromatic heterocycles. The number of nitrogens with zero attached hydrogens (tertiary/aromatic N) is 1. The second-order valence-electron chi connectivity index (χ2n) is 7.98. The van der Waals surface area contributed by atoms with Crippen LogP contribution in [0.4, 0.5) is 10.1 Å². The van der Waals surface area contributed by atoms with Gasteiger partial charge in [-0.1, -0.05) is 60.7 Å². The van der Waals surface area contributed by atoms with Crippen LogP contribution in [0.1, 0.15) is 30.0 Å². The van der Waals surface area contributed by atoms with Gasteiger partial charge < -0.3 is 5.32 Å². The molecular weight excluding hydrogens is 375 g/mol. The van der Waals surface area contributed by atoms with Crippen LogP contribution < -0.4 is 5.32 Å². The van der Waals surface area contributed by atoms with Crippen molar-refractivity contribution in [2.24, 2.45) is 5.92 Å². The van der Waals surface area contributed by atoms with Crippen molar-refractivity contribution < 1.29 is 9.18 Å². The van der Waals surface area contributed by atoms with Gasteiger partial charge in [0.15, 0.2) is 0 Å².